The summed E-state index contributed by atoms with van der Waals surface area (Å²) in [4.78, 5) is 21.7. The van der Waals surface area contributed by atoms with E-state index in [0.29, 0.717) is 10.9 Å². The number of benzene rings is 1. The Morgan fingerprint density at radius 3 is 2.60 bits per heavy atom. The summed E-state index contributed by atoms with van der Waals surface area (Å²) in [5, 5.41) is 9.87. The summed E-state index contributed by atoms with van der Waals surface area (Å²) in [7, 11) is 3.83. The van der Waals surface area contributed by atoms with E-state index < -0.39 is 5.97 Å². The van der Waals surface area contributed by atoms with E-state index in [1.54, 1.807) is 0 Å². The molecule has 0 radical (unpaired) electrons. The zero-order valence-corrected chi connectivity index (χ0v) is 12.3. The van der Waals surface area contributed by atoms with Gasteiger partial charge in [-0.15, -0.1) is 0 Å². The largest absolute Gasteiger partial charge is 0.478 e. The lowest BCUT2D eigenvalue weighted by Crippen LogP contribution is -2.12. The van der Waals surface area contributed by atoms with Crippen LogP contribution in [0.1, 0.15) is 10.4 Å². The van der Waals surface area contributed by atoms with Gasteiger partial charge in [0.25, 0.3) is 0 Å². The zero-order valence-electron chi connectivity index (χ0n) is 11.5. The van der Waals surface area contributed by atoms with Crippen molar-refractivity contribution in [3.05, 3.63) is 36.0 Å². The Morgan fingerprint density at radius 2 is 2.00 bits per heavy atom. The van der Waals surface area contributed by atoms with Gasteiger partial charge in [-0.25, -0.2) is 14.8 Å². The van der Waals surface area contributed by atoms with E-state index >= 15 is 0 Å². The molecule has 0 saturated carbocycles. The van der Waals surface area contributed by atoms with Crippen LogP contribution in [0.2, 0.25) is 0 Å². The molecule has 0 saturated heterocycles. The Morgan fingerprint density at radius 1 is 1.30 bits per heavy atom. The van der Waals surface area contributed by atoms with Crippen molar-refractivity contribution >= 4 is 23.4 Å². The first-order chi connectivity index (χ1) is 9.54. The maximum absolute atomic E-state index is 11.4. The molecule has 1 aromatic carbocycles. The Balaban J connectivity index is 2.70. The molecule has 5 nitrogen and oxygen atoms in total. The Kier molecular flexibility index (Phi) is 4.24. The minimum atomic E-state index is -1.03. The van der Waals surface area contributed by atoms with Crippen molar-refractivity contribution in [3.63, 3.8) is 0 Å². The molecule has 0 bridgehead atoms. The van der Waals surface area contributed by atoms with Crippen LogP contribution in [-0.2, 0) is 0 Å². The van der Waals surface area contributed by atoms with Crippen LogP contribution >= 0.6 is 11.8 Å². The molecule has 1 aromatic heterocycles. The lowest BCUT2D eigenvalue weighted by atomic mass is 10.0. The molecule has 104 valence electrons. The number of thioether (sulfide) groups is 1. The van der Waals surface area contributed by atoms with Crippen LogP contribution in [0.15, 0.2) is 35.6 Å². The van der Waals surface area contributed by atoms with Crippen LogP contribution in [0.3, 0.4) is 0 Å². The average Bonchev–Trinajstić information content (AvgIpc) is 2.46. The summed E-state index contributed by atoms with van der Waals surface area (Å²) in [5.41, 5.74) is 2.26. The first kappa shape index (κ1) is 14.3. The third kappa shape index (κ3) is 2.75. The molecular weight excluding hydrogens is 274 g/mol. The predicted octanol–water partition coefficient (Wildman–Crippen LogP) is 2.63. The molecule has 1 heterocycles. The van der Waals surface area contributed by atoms with Crippen molar-refractivity contribution in [2.45, 2.75) is 5.16 Å². The molecule has 0 amide bonds. The standard InChI is InChI=1S/C14H15N3O2S/c1-17(2)11-7-5-4-6-9(11)12-10(13(18)19)8-15-14(16-12)20-3/h4-8H,1-3H3,(H,18,19). The maximum atomic E-state index is 11.4. The molecule has 2 aromatic rings. The Hall–Kier alpha value is -2.08. The van der Waals surface area contributed by atoms with E-state index in [1.807, 2.05) is 49.5 Å². The molecule has 0 spiro atoms. The molecule has 0 atom stereocenters. The van der Waals surface area contributed by atoms with Crippen LogP contribution in [0.4, 0.5) is 5.69 Å². The molecule has 0 unspecified atom stereocenters. The summed E-state index contributed by atoms with van der Waals surface area (Å²) in [5.74, 6) is -1.03. The molecule has 0 aliphatic rings. The highest BCUT2D eigenvalue weighted by molar-refractivity contribution is 7.98. The molecule has 0 fully saturated rings. The molecule has 2 rings (SSSR count). The van der Waals surface area contributed by atoms with Gasteiger partial charge in [-0.05, 0) is 12.3 Å². The fraction of sp³-hybridized carbons (Fsp3) is 0.214. The first-order valence-corrected chi connectivity index (χ1v) is 7.18. The lowest BCUT2D eigenvalue weighted by Gasteiger charge is -2.18. The number of para-hydroxylation sites is 1. The van der Waals surface area contributed by atoms with Crippen molar-refractivity contribution < 1.29 is 9.90 Å². The molecule has 6 heteroatoms. The van der Waals surface area contributed by atoms with Crippen molar-refractivity contribution in [2.75, 3.05) is 25.3 Å². The van der Waals surface area contributed by atoms with Gasteiger partial charge in [0.05, 0.1) is 5.69 Å². The fourth-order valence-corrected chi connectivity index (χ4v) is 2.23. The van der Waals surface area contributed by atoms with Gasteiger partial charge in [0.15, 0.2) is 5.16 Å². The van der Waals surface area contributed by atoms with Gasteiger partial charge in [-0.2, -0.15) is 0 Å². The number of nitrogens with zero attached hydrogens (tertiary/aromatic N) is 3. The monoisotopic (exact) mass is 289 g/mol. The summed E-state index contributed by atoms with van der Waals surface area (Å²) in [6.45, 7) is 0. The summed E-state index contributed by atoms with van der Waals surface area (Å²) in [6, 6.07) is 7.58. The van der Waals surface area contributed by atoms with Crippen LogP contribution < -0.4 is 4.90 Å². The highest BCUT2D eigenvalue weighted by Gasteiger charge is 2.18. The summed E-state index contributed by atoms with van der Waals surface area (Å²) >= 11 is 1.38. The van der Waals surface area contributed by atoms with Gasteiger partial charge >= 0.3 is 5.97 Å². The second-order valence-electron chi connectivity index (χ2n) is 4.34. The van der Waals surface area contributed by atoms with E-state index in [4.69, 9.17) is 0 Å². The van der Waals surface area contributed by atoms with Crippen LogP contribution in [0.25, 0.3) is 11.3 Å². The highest BCUT2D eigenvalue weighted by atomic mass is 32.2. The second-order valence-corrected chi connectivity index (χ2v) is 5.11. The zero-order chi connectivity index (χ0) is 14.7. The fourth-order valence-electron chi connectivity index (χ4n) is 1.89. The number of carboxylic acid groups (broad SMARTS) is 1. The minimum absolute atomic E-state index is 0.108. The Labute approximate surface area is 121 Å². The first-order valence-electron chi connectivity index (χ1n) is 5.95. The molecule has 20 heavy (non-hydrogen) atoms. The predicted molar refractivity (Wildman–Crippen MR) is 80.5 cm³/mol. The number of carbonyl (C=O) groups is 1. The number of hydrogen-bond donors (Lipinski definition) is 1. The van der Waals surface area contributed by atoms with Crippen molar-refractivity contribution in [1.29, 1.82) is 0 Å². The van der Waals surface area contributed by atoms with E-state index in [2.05, 4.69) is 9.97 Å². The van der Waals surface area contributed by atoms with Gasteiger partial charge < -0.3 is 10.0 Å². The van der Waals surface area contributed by atoms with Gasteiger partial charge in [-0.3, -0.25) is 0 Å². The van der Waals surface area contributed by atoms with E-state index in [0.717, 1.165) is 11.3 Å². The normalized spacial score (nSPS) is 10.3. The van der Waals surface area contributed by atoms with Crippen molar-refractivity contribution in [1.82, 2.24) is 9.97 Å². The van der Waals surface area contributed by atoms with Crippen LogP contribution in [0, 0.1) is 0 Å². The number of aromatic carboxylic acids is 1. The van der Waals surface area contributed by atoms with Crippen molar-refractivity contribution in [3.8, 4) is 11.3 Å². The second kappa shape index (κ2) is 5.92. The molecule has 0 aliphatic carbocycles. The van der Waals surface area contributed by atoms with E-state index in [9.17, 15) is 9.90 Å². The third-order valence-electron chi connectivity index (χ3n) is 2.82. The number of rotatable bonds is 4. The average molecular weight is 289 g/mol. The Bertz CT molecular complexity index is 644. The smallest absolute Gasteiger partial charge is 0.339 e. The number of anilines is 1. The topological polar surface area (TPSA) is 66.3 Å². The molecular formula is C14H15N3O2S. The minimum Gasteiger partial charge on any atom is -0.478 e. The summed E-state index contributed by atoms with van der Waals surface area (Å²) < 4.78 is 0. The van der Waals surface area contributed by atoms with Crippen LogP contribution in [0.5, 0.6) is 0 Å². The van der Waals surface area contributed by atoms with Gasteiger partial charge in [-0.1, -0.05) is 30.0 Å². The highest BCUT2D eigenvalue weighted by Crippen LogP contribution is 2.31. The maximum Gasteiger partial charge on any atom is 0.339 e. The quantitative estimate of drug-likeness (QED) is 0.689. The van der Waals surface area contributed by atoms with E-state index in [-0.39, 0.29) is 5.56 Å². The summed E-state index contributed by atoms with van der Waals surface area (Å²) in [6.07, 6.45) is 3.22. The van der Waals surface area contributed by atoms with Gasteiger partial charge in [0.1, 0.15) is 5.56 Å². The van der Waals surface area contributed by atoms with Crippen molar-refractivity contribution in [2.24, 2.45) is 0 Å². The number of hydrogen-bond acceptors (Lipinski definition) is 5. The van der Waals surface area contributed by atoms with Gasteiger partial charge in [0, 0.05) is 31.5 Å². The molecule has 0 aliphatic heterocycles. The number of aromatic nitrogens is 2. The van der Waals surface area contributed by atoms with Gasteiger partial charge in [0.2, 0.25) is 0 Å². The van der Waals surface area contributed by atoms with Crippen LogP contribution in [-0.4, -0.2) is 41.4 Å². The van der Waals surface area contributed by atoms with E-state index in [1.165, 1.54) is 18.0 Å². The SMILES string of the molecule is CSc1ncc(C(=O)O)c(-c2ccccc2N(C)C)n1. The molecule has 1 N–H and O–H groups in total. The third-order valence-corrected chi connectivity index (χ3v) is 3.38. The lowest BCUT2D eigenvalue weighted by molar-refractivity contribution is 0.0696. The number of carboxylic acids is 1.